The van der Waals surface area contributed by atoms with Gasteiger partial charge in [-0.2, -0.15) is 5.21 Å². The van der Waals surface area contributed by atoms with Crippen LogP contribution in [0.2, 0.25) is 0 Å². The van der Waals surface area contributed by atoms with E-state index in [1.54, 1.807) is 6.08 Å². The number of nitrogens with one attached hydrogen (secondary N) is 1. The van der Waals surface area contributed by atoms with Crippen LogP contribution in [0.25, 0.3) is 6.08 Å². The smallest absolute Gasteiger partial charge is 0.335 e. The average Bonchev–Trinajstić information content (AvgIpc) is 3.39. The Morgan fingerprint density at radius 1 is 1.24 bits per heavy atom. The van der Waals surface area contributed by atoms with E-state index in [4.69, 9.17) is 15.2 Å². The van der Waals surface area contributed by atoms with Gasteiger partial charge in [0.15, 0.2) is 17.3 Å². The molecule has 3 aromatic rings. The van der Waals surface area contributed by atoms with Crippen molar-refractivity contribution in [3.63, 3.8) is 0 Å². The number of nitrogens with two attached hydrogens (primary N) is 1. The van der Waals surface area contributed by atoms with Gasteiger partial charge in [0.2, 0.25) is 5.82 Å². The van der Waals surface area contributed by atoms with Crippen molar-refractivity contribution in [1.29, 1.82) is 0 Å². The fraction of sp³-hybridized carbons (Fsp3) is 0.292. The monoisotopic (exact) mass is 463 g/mol. The van der Waals surface area contributed by atoms with Crippen LogP contribution < -0.4 is 15.2 Å². The third-order valence-electron chi connectivity index (χ3n) is 5.49. The molecule has 0 saturated carbocycles. The minimum atomic E-state index is -1.59. The lowest BCUT2D eigenvalue weighted by Gasteiger charge is -2.33. The molecule has 2 heterocycles. The first-order valence-corrected chi connectivity index (χ1v) is 11.0. The van der Waals surface area contributed by atoms with Gasteiger partial charge in [0.25, 0.3) is 5.72 Å². The average molecular weight is 463 g/mol. The molecule has 1 aliphatic heterocycles. The summed E-state index contributed by atoms with van der Waals surface area (Å²) in [7, 11) is 0. The number of aromatic nitrogens is 4. The van der Waals surface area contributed by atoms with Crippen LogP contribution in [0.4, 0.5) is 0 Å². The lowest BCUT2D eigenvalue weighted by Crippen LogP contribution is -2.51. The van der Waals surface area contributed by atoms with Gasteiger partial charge in [-0.25, -0.2) is 4.79 Å². The largest absolute Gasteiger partial charge is 0.483 e. The van der Waals surface area contributed by atoms with Gasteiger partial charge >= 0.3 is 5.97 Å². The van der Waals surface area contributed by atoms with Crippen LogP contribution in [0.5, 0.6) is 11.5 Å². The van der Waals surface area contributed by atoms with E-state index < -0.39 is 17.5 Å². The third-order valence-corrected chi connectivity index (χ3v) is 5.49. The zero-order chi connectivity index (χ0) is 24.1. The summed E-state index contributed by atoms with van der Waals surface area (Å²) in [4.78, 5) is 24.7. The number of rotatable bonds is 9. The van der Waals surface area contributed by atoms with Gasteiger partial charge in [-0.15, -0.1) is 10.2 Å². The van der Waals surface area contributed by atoms with E-state index in [0.717, 1.165) is 18.4 Å². The molecule has 0 aliphatic carbocycles. The van der Waals surface area contributed by atoms with Crippen LogP contribution in [0.1, 0.15) is 63.9 Å². The Bertz CT molecular complexity index is 1210. The highest BCUT2D eigenvalue weighted by molar-refractivity contribution is 6.10. The molecule has 1 unspecified atom stereocenters. The second-order valence-electron chi connectivity index (χ2n) is 8.07. The Kier molecular flexibility index (Phi) is 6.69. The van der Waals surface area contributed by atoms with Gasteiger partial charge in [0.1, 0.15) is 6.61 Å². The number of carbonyl (C=O) groups is 2. The highest BCUT2D eigenvalue weighted by Crippen LogP contribution is 2.40. The minimum absolute atomic E-state index is 0.00614. The van der Waals surface area contributed by atoms with Gasteiger partial charge in [-0.1, -0.05) is 50.1 Å². The van der Waals surface area contributed by atoms with Gasteiger partial charge in [0.05, 0.1) is 11.1 Å². The quantitative estimate of drug-likeness (QED) is 0.247. The summed E-state index contributed by atoms with van der Waals surface area (Å²) in [6.07, 6.45) is 7.59. The molecular weight excluding hydrogens is 438 g/mol. The number of tetrazole rings is 1. The Labute approximate surface area is 195 Å². The highest BCUT2D eigenvalue weighted by Gasteiger charge is 2.41. The normalized spacial score (nSPS) is 17.1. The number of fused-ring (bicyclic) bond motifs is 1. The van der Waals surface area contributed by atoms with Crippen molar-refractivity contribution < 1.29 is 24.2 Å². The van der Waals surface area contributed by atoms with E-state index in [0.29, 0.717) is 0 Å². The summed E-state index contributed by atoms with van der Waals surface area (Å²) in [5.74, 6) is -1.51. The fourth-order valence-electron chi connectivity index (χ4n) is 3.63. The van der Waals surface area contributed by atoms with Crippen molar-refractivity contribution >= 4 is 17.8 Å². The molecule has 2 aromatic carbocycles. The molecule has 0 saturated heterocycles. The summed E-state index contributed by atoms with van der Waals surface area (Å²) >= 11 is 0. The first-order valence-electron chi connectivity index (χ1n) is 11.0. The molecule has 0 radical (unpaired) electrons. The molecule has 0 spiro atoms. The van der Waals surface area contributed by atoms with Crippen molar-refractivity contribution in [2.75, 3.05) is 6.61 Å². The number of allylic oxidation sites excluding steroid dienone is 1. The molecule has 1 aromatic heterocycles. The molecule has 4 N–H and O–H groups in total. The standard InChI is InChI=1S/C24H25N5O5/c1-2-3-4-5-15-6-8-16(9-7-15)10-11-19(30)18-12-17(22(31)32)13-20-21(18)33-14-24(25,34-20)23-26-28-29-27-23/h6-13H,2-5,14,25H2,1H3,(H,31,32)(H,26,27,28,29). The Balaban J connectivity index is 1.57. The Morgan fingerprint density at radius 3 is 2.71 bits per heavy atom. The predicted octanol–water partition coefficient (Wildman–Crippen LogP) is 3.11. The molecule has 0 fully saturated rings. The molecule has 0 amide bonds. The molecule has 1 aliphatic rings. The van der Waals surface area contributed by atoms with E-state index >= 15 is 0 Å². The number of hydrogen-bond donors (Lipinski definition) is 3. The van der Waals surface area contributed by atoms with Gasteiger partial charge in [-0.3, -0.25) is 10.5 Å². The van der Waals surface area contributed by atoms with E-state index in [1.807, 2.05) is 24.3 Å². The number of carbonyl (C=O) groups excluding carboxylic acids is 1. The van der Waals surface area contributed by atoms with Crippen molar-refractivity contribution in [2.45, 2.75) is 38.3 Å². The van der Waals surface area contributed by atoms with E-state index in [-0.39, 0.29) is 35.1 Å². The molecule has 176 valence electrons. The zero-order valence-electron chi connectivity index (χ0n) is 18.7. The van der Waals surface area contributed by atoms with Crippen LogP contribution in [0.15, 0.2) is 42.5 Å². The van der Waals surface area contributed by atoms with Crippen molar-refractivity contribution in [3.05, 3.63) is 70.6 Å². The van der Waals surface area contributed by atoms with Gasteiger partial charge in [-0.05, 0) is 47.4 Å². The van der Waals surface area contributed by atoms with E-state index in [9.17, 15) is 14.7 Å². The number of ketones is 1. The number of aromatic amines is 1. The van der Waals surface area contributed by atoms with Crippen molar-refractivity contribution in [2.24, 2.45) is 5.73 Å². The molecule has 34 heavy (non-hydrogen) atoms. The minimum Gasteiger partial charge on any atom is -0.483 e. The van der Waals surface area contributed by atoms with Gasteiger partial charge < -0.3 is 14.6 Å². The second-order valence-corrected chi connectivity index (χ2v) is 8.07. The number of unbranched alkanes of at least 4 members (excludes halogenated alkanes) is 2. The number of benzene rings is 2. The summed E-state index contributed by atoms with van der Waals surface area (Å²) in [5.41, 5.74) is 6.62. The lowest BCUT2D eigenvalue weighted by atomic mass is 10.0. The number of ether oxygens (including phenoxy) is 2. The van der Waals surface area contributed by atoms with E-state index in [2.05, 4.69) is 27.5 Å². The van der Waals surface area contributed by atoms with Crippen LogP contribution in [-0.2, 0) is 12.1 Å². The van der Waals surface area contributed by atoms with Gasteiger partial charge in [0, 0.05) is 0 Å². The summed E-state index contributed by atoms with van der Waals surface area (Å²) in [6.45, 7) is 1.97. The molecular formula is C24H25N5O5. The zero-order valence-corrected chi connectivity index (χ0v) is 18.7. The first-order chi connectivity index (χ1) is 16.4. The molecule has 10 nitrogen and oxygen atoms in total. The number of carboxylic acid groups (broad SMARTS) is 1. The van der Waals surface area contributed by atoms with E-state index in [1.165, 1.54) is 36.6 Å². The van der Waals surface area contributed by atoms with Crippen molar-refractivity contribution in [1.82, 2.24) is 20.6 Å². The third kappa shape index (κ3) is 4.96. The fourth-order valence-corrected chi connectivity index (χ4v) is 3.63. The number of aryl methyl sites for hydroxylation is 1. The van der Waals surface area contributed by atoms with Crippen LogP contribution in [-0.4, -0.2) is 44.1 Å². The number of aromatic carboxylic acids is 1. The summed E-state index contributed by atoms with van der Waals surface area (Å²) in [6, 6.07) is 10.5. The first kappa shape index (κ1) is 23.1. The Hall–Kier alpha value is -4.05. The molecule has 0 bridgehead atoms. The molecule has 10 heteroatoms. The summed E-state index contributed by atoms with van der Waals surface area (Å²) in [5, 5.41) is 22.9. The number of hydrogen-bond acceptors (Lipinski definition) is 8. The summed E-state index contributed by atoms with van der Waals surface area (Å²) < 4.78 is 11.5. The maximum atomic E-state index is 13.0. The Morgan fingerprint density at radius 2 is 2.03 bits per heavy atom. The topological polar surface area (TPSA) is 153 Å². The molecule has 1 atom stereocenters. The van der Waals surface area contributed by atoms with Crippen LogP contribution in [0, 0.1) is 0 Å². The van der Waals surface area contributed by atoms with Crippen LogP contribution >= 0.6 is 0 Å². The van der Waals surface area contributed by atoms with Crippen LogP contribution in [0.3, 0.4) is 0 Å². The maximum absolute atomic E-state index is 13.0. The number of H-pyrrole nitrogens is 1. The maximum Gasteiger partial charge on any atom is 0.335 e. The second kappa shape index (κ2) is 9.84. The van der Waals surface area contributed by atoms with Crippen molar-refractivity contribution in [3.8, 4) is 11.5 Å². The lowest BCUT2D eigenvalue weighted by molar-refractivity contribution is -0.0153. The SMILES string of the molecule is CCCCCc1ccc(C=CC(=O)c2cc(C(=O)O)cc3c2OCC(N)(c2nn[nH]n2)O3)cc1. The number of carboxylic acids is 1. The number of nitrogens with zero attached hydrogens (tertiary/aromatic N) is 3. The predicted molar refractivity (Wildman–Crippen MR) is 123 cm³/mol. The molecule has 4 rings (SSSR count). The highest BCUT2D eigenvalue weighted by atomic mass is 16.6.